The summed E-state index contributed by atoms with van der Waals surface area (Å²) in [5, 5.41) is 1.99. The molecular formula is C9H8N2OS. The molecule has 0 aliphatic heterocycles. The SMILES string of the molecule is CC(=O)/C=C/c1ncn2ccsc12. The molecule has 0 aromatic carbocycles. The highest BCUT2D eigenvalue weighted by atomic mass is 32.1. The van der Waals surface area contributed by atoms with Crippen LogP contribution in [0.25, 0.3) is 10.9 Å². The molecule has 66 valence electrons. The molecular weight excluding hydrogens is 184 g/mol. The van der Waals surface area contributed by atoms with E-state index in [9.17, 15) is 4.79 Å². The topological polar surface area (TPSA) is 34.4 Å². The van der Waals surface area contributed by atoms with E-state index in [-0.39, 0.29) is 5.78 Å². The second kappa shape index (κ2) is 3.14. The fourth-order valence-corrected chi connectivity index (χ4v) is 1.85. The standard InChI is InChI=1S/C9H8N2OS/c1-7(12)2-3-8-9-11(6-10-8)4-5-13-9/h2-6H,1H3/b3-2+. The van der Waals surface area contributed by atoms with Crippen molar-refractivity contribution in [1.82, 2.24) is 9.38 Å². The van der Waals surface area contributed by atoms with E-state index in [1.54, 1.807) is 23.7 Å². The maximum atomic E-state index is 10.7. The Bertz CT molecular complexity index is 467. The first kappa shape index (κ1) is 8.19. The van der Waals surface area contributed by atoms with Crippen LogP contribution < -0.4 is 0 Å². The second-order valence-electron chi connectivity index (χ2n) is 2.69. The quantitative estimate of drug-likeness (QED) is 0.682. The predicted octanol–water partition coefficient (Wildman–Crippen LogP) is 2.00. The average molecular weight is 192 g/mol. The van der Waals surface area contributed by atoms with Gasteiger partial charge >= 0.3 is 0 Å². The minimum Gasteiger partial charge on any atom is -0.296 e. The van der Waals surface area contributed by atoms with Crippen LogP contribution in [0.3, 0.4) is 0 Å². The van der Waals surface area contributed by atoms with Crippen molar-refractivity contribution in [1.29, 1.82) is 0 Å². The van der Waals surface area contributed by atoms with Gasteiger partial charge in [0.1, 0.15) is 11.2 Å². The van der Waals surface area contributed by atoms with E-state index in [0.717, 1.165) is 10.5 Å². The zero-order chi connectivity index (χ0) is 9.26. The zero-order valence-corrected chi connectivity index (χ0v) is 7.91. The van der Waals surface area contributed by atoms with Crippen LogP contribution in [0.15, 0.2) is 24.0 Å². The molecule has 4 heteroatoms. The average Bonchev–Trinajstić information content (AvgIpc) is 2.60. The van der Waals surface area contributed by atoms with Gasteiger partial charge in [-0.05, 0) is 19.1 Å². The number of carbonyl (C=O) groups excluding carboxylic acids is 1. The molecule has 2 rings (SSSR count). The molecule has 0 fully saturated rings. The molecule has 0 aliphatic carbocycles. The number of hydrogen-bond acceptors (Lipinski definition) is 3. The van der Waals surface area contributed by atoms with Gasteiger partial charge in [-0.3, -0.25) is 9.20 Å². The lowest BCUT2D eigenvalue weighted by Crippen LogP contribution is -1.79. The number of thiazole rings is 1. The van der Waals surface area contributed by atoms with Gasteiger partial charge in [-0.1, -0.05) is 0 Å². The Balaban J connectivity index is 2.43. The summed E-state index contributed by atoms with van der Waals surface area (Å²) in [6.07, 6.45) is 6.96. The number of allylic oxidation sites excluding steroid dienone is 1. The normalized spacial score (nSPS) is 11.5. The first-order valence-electron chi connectivity index (χ1n) is 3.86. The van der Waals surface area contributed by atoms with Crippen molar-refractivity contribution in [3.8, 4) is 0 Å². The Morgan fingerprint density at radius 1 is 1.69 bits per heavy atom. The summed E-state index contributed by atoms with van der Waals surface area (Å²) in [6, 6.07) is 0. The van der Waals surface area contributed by atoms with Gasteiger partial charge in [-0.15, -0.1) is 11.3 Å². The summed E-state index contributed by atoms with van der Waals surface area (Å²) < 4.78 is 1.93. The third-order valence-electron chi connectivity index (χ3n) is 1.65. The minimum absolute atomic E-state index is 0.0395. The molecule has 0 bridgehead atoms. The zero-order valence-electron chi connectivity index (χ0n) is 7.10. The van der Waals surface area contributed by atoms with Gasteiger partial charge in [0.15, 0.2) is 5.78 Å². The molecule has 0 saturated heterocycles. The number of hydrogen-bond donors (Lipinski definition) is 0. The molecule has 2 heterocycles. The number of aromatic nitrogens is 2. The Morgan fingerprint density at radius 2 is 2.54 bits per heavy atom. The van der Waals surface area contributed by atoms with Crippen LogP contribution in [0.1, 0.15) is 12.6 Å². The molecule has 0 unspecified atom stereocenters. The van der Waals surface area contributed by atoms with Crippen molar-refractivity contribution in [3.05, 3.63) is 29.7 Å². The van der Waals surface area contributed by atoms with Crippen LogP contribution >= 0.6 is 11.3 Å². The maximum Gasteiger partial charge on any atom is 0.152 e. The van der Waals surface area contributed by atoms with Gasteiger partial charge in [0.05, 0.1) is 5.69 Å². The van der Waals surface area contributed by atoms with E-state index in [4.69, 9.17) is 0 Å². The summed E-state index contributed by atoms with van der Waals surface area (Å²) in [5.74, 6) is 0.0395. The van der Waals surface area contributed by atoms with E-state index >= 15 is 0 Å². The van der Waals surface area contributed by atoms with Crippen molar-refractivity contribution >= 4 is 28.0 Å². The second-order valence-corrected chi connectivity index (χ2v) is 3.58. The number of ketones is 1. The van der Waals surface area contributed by atoms with Gasteiger partial charge in [-0.25, -0.2) is 4.98 Å². The van der Waals surface area contributed by atoms with Crippen LogP contribution in [-0.4, -0.2) is 15.2 Å². The van der Waals surface area contributed by atoms with Crippen molar-refractivity contribution in [2.45, 2.75) is 6.92 Å². The highest BCUT2D eigenvalue weighted by Gasteiger charge is 2.00. The molecule has 0 spiro atoms. The van der Waals surface area contributed by atoms with Gasteiger partial charge in [0, 0.05) is 11.6 Å². The van der Waals surface area contributed by atoms with E-state index in [2.05, 4.69) is 4.98 Å². The van der Waals surface area contributed by atoms with E-state index in [1.165, 1.54) is 13.0 Å². The van der Waals surface area contributed by atoms with Crippen molar-refractivity contribution < 1.29 is 4.79 Å². The van der Waals surface area contributed by atoms with Gasteiger partial charge in [-0.2, -0.15) is 0 Å². The first-order valence-corrected chi connectivity index (χ1v) is 4.74. The molecule has 2 aromatic heterocycles. The number of rotatable bonds is 2. The number of imidazole rings is 1. The molecule has 0 atom stereocenters. The van der Waals surface area contributed by atoms with Crippen LogP contribution in [0, 0.1) is 0 Å². The first-order chi connectivity index (χ1) is 6.27. The fraction of sp³-hybridized carbons (Fsp3) is 0.111. The van der Waals surface area contributed by atoms with Crippen molar-refractivity contribution in [2.24, 2.45) is 0 Å². The van der Waals surface area contributed by atoms with Crippen molar-refractivity contribution in [2.75, 3.05) is 0 Å². The molecule has 0 N–H and O–H groups in total. The summed E-state index contributed by atoms with van der Waals surface area (Å²) >= 11 is 1.61. The predicted molar refractivity (Wildman–Crippen MR) is 52.8 cm³/mol. The summed E-state index contributed by atoms with van der Waals surface area (Å²) in [4.78, 5) is 15.9. The smallest absolute Gasteiger partial charge is 0.152 e. The molecule has 0 amide bonds. The molecule has 13 heavy (non-hydrogen) atoms. The third-order valence-corrected chi connectivity index (χ3v) is 2.55. The van der Waals surface area contributed by atoms with E-state index in [1.807, 2.05) is 16.0 Å². The summed E-state index contributed by atoms with van der Waals surface area (Å²) in [5.41, 5.74) is 0.852. The van der Waals surface area contributed by atoms with Crippen molar-refractivity contribution in [3.63, 3.8) is 0 Å². The van der Waals surface area contributed by atoms with Gasteiger partial charge < -0.3 is 0 Å². The minimum atomic E-state index is 0.0395. The number of fused-ring (bicyclic) bond motifs is 1. The van der Waals surface area contributed by atoms with Crippen LogP contribution in [0.4, 0.5) is 0 Å². The number of carbonyl (C=O) groups is 1. The molecule has 0 radical (unpaired) electrons. The van der Waals surface area contributed by atoms with Gasteiger partial charge in [0.2, 0.25) is 0 Å². The Morgan fingerprint density at radius 3 is 3.31 bits per heavy atom. The maximum absolute atomic E-state index is 10.7. The van der Waals surface area contributed by atoms with E-state index < -0.39 is 0 Å². The largest absolute Gasteiger partial charge is 0.296 e. The molecule has 3 nitrogen and oxygen atoms in total. The molecule has 2 aromatic rings. The fourth-order valence-electron chi connectivity index (χ4n) is 1.06. The Labute approximate surface area is 79.3 Å². The summed E-state index contributed by atoms with van der Waals surface area (Å²) in [7, 11) is 0. The lowest BCUT2D eigenvalue weighted by molar-refractivity contribution is -0.112. The third kappa shape index (κ3) is 1.53. The highest BCUT2D eigenvalue weighted by Crippen LogP contribution is 2.16. The molecule has 0 saturated carbocycles. The van der Waals surface area contributed by atoms with Gasteiger partial charge in [0.25, 0.3) is 0 Å². The lowest BCUT2D eigenvalue weighted by Gasteiger charge is -1.82. The Kier molecular flexibility index (Phi) is 1.98. The van der Waals surface area contributed by atoms with Crippen LogP contribution in [-0.2, 0) is 4.79 Å². The highest BCUT2D eigenvalue weighted by molar-refractivity contribution is 7.15. The van der Waals surface area contributed by atoms with E-state index in [0.29, 0.717) is 0 Å². The number of nitrogens with zero attached hydrogens (tertiary/aromatic N) is 2. The Hall–Kier alpha value is -1.42. The monoisotopic (exact) mass is 192 g/mol. The summed E-state index contributed by atoms with van der Waals surface area (Å²) in [6.45, 7) is 1.53. The molecule has 0 aliphatic rings. The van der Waals surface area contributed by atoms with Crippen LogP contribution in [0.5, 0.6) is 0 Å². The lowest BCUT2D eigenvalue weighted by atomic mass is 10.3. The van der Waals surface area contributed by atoms with Crippen LogP contribution in [0.2, 0.25) is 0 Å².